The van der Waals surface area contributed by atoms with Gasteiger partial charge in [0.05, 0.1) is 30.3 Å². The highest BCUT2D eigenvalue weighted by Crippen LogP contribution is 2.36. The third-order valence-corrected chi connectivity index (χ3v) is 5.88. The van der Waals surface area contributed by atoms with Crippen LogP contribution in [0.3, 0.4) is 0 Å². The second-order valence-corrected chi connectivity index (χ2v) is 8.14. The SMILES string of the molecule is COC(=O)c1c(CS(=O)(=O)c2cccc(Cl)c2)ccc(-c2ccoc2)c1O. The van der Waals surface area contributed by atoms with Crippen LogP contribution in [0.2, 0.25) is 5.02 Å². The first-order chi connectivity index (χ1) is 12.8. The minimum absolute atomic E-state index is 0.0178. The summed E-state index contributed by atoms with van der Waals surface area (Å²) in [6.45, 7) is 0. The van der Waals surface area contributed by atoms with E-state index in [1.807, 2.05) is 0 Å². The zero-order chi connectivity index (χ0) is 19.6. The lowest BCUT2D eigenvalue weighted by molar-refractivity contribution is 0.0596. The van der Waals surface area contributed by atoms with Crippen LogP contribution in [0, 0.1) is 0 Å². The minimum atomic E-state index is -3.81. The van der Waals surface area contributed by atoms with Gasteiger partial charge in [-0.2, -0.15) is 0 Å². The molecule has 1 aromatic heterocycles. The van der Waals surface area contributed by atoms with Gasteiger partial charge in [0, 0.05) is 16.1 Å². The lowest BCUT2D eigenvalue weighted by atomic mass is 9.99. The van der Waals surface area contributed by atoms with Gasteiger partial charge in [-0.3, -0.25) is 0 Å². The Bertz CT molecular complexity index is 1090. The highest BCUT2D eigenvalue weighted by atomic mass is 35.5. The standard InChI is InChI=1S/C19H15ClO6S/c1-25-19(22)17-13(5-6-16(18(17)21)12-7-8-26-10-12)11-27(23,24)15-4-2-3-14(20)9-15/h2-10,21H,11H2,1H3. The summed E-state index contributed by atoms with van der Waals surface area (Å²) in [5.41, 5.74) is 0.781. The van der Waals surface area contributed by atoms with Crippen molar-refractivity contribution in [2.75, 3.05) is 7.11 Å². The highest BCUT2D eigenvalue weighted by Gasteiger charge is 2.25. The smallest absolute Gasteiger partial charge is 0.341 e. The van der Waals surface area contributed by atoms with Gasteiger partial charge in [0.1, 0.15) is 11.3 Å². The van der Waals surface area contributed by atoms with Crippen molar-refractivity contribution in [2.24, 2.45) is 0 Å². The molecule has 3 aromatic rings. The van der Waals surface area contributed by atoms with Gasteiger partial charge in [-0.05, 0) is 29.8 Å². The first-order valence-electron chi connectivity index (χ1n) is 7.77. The molecule has 3 rings (SSSR count). The van der Waals surface area contributed by atoms with Gasteiger partial charge in [0.2, 0.25) is 0 Å². The number of halogens is 1. The zero-order valence-electron chi connectivity index (χ0n) is 14.2. The third kappa shape index (κ3) is 3.84. The van der Waals surface area contributed by atoms with Gasteiger partial charge in [-0.1, -0.05) is 29.8 Å². The van der Waals surface area contributed by atoms with Crippen LogP contribution in [-0.2, 0) is 20.3 Å². The molecule has 0 bridgehead atoms. The molecule has 0 atom stereocenters. The average molecular weight is 407 g/mol. The molecule has 0 amide bonds. The predicted octanol–water partition coefficient (Wildman–Crippen LogP) is 4.07. The fourth-order valence-electron chi connectivity index (χ4n) is 2.68. The van der Waals surface area contributed by atoms with Crippen LogP contribution in [-0.4, -0.2) is 26.6 Å². The number of sulfone groups is 1. The molecule has 0 aliphatic carbocycles. The monoisotopic (exact) mass is 406 g/mol. The van der Waals surface area contributed by atoms with Crippen LogP contribution < -0.4 is 0 Å². The largest absolute Gasteiger partial charge is 0.506 e. The molecule has 0 saturated heterocycles. The molecule has 0 fully saturated rings. The highest BCUT2D eigenvalue weighted by molar-refractivity contribution is 7.90. The van der Waals surface area contributed by atoms with E-state index in [9.17, 15) is 18.3 Å². The van der Waals surface area contributed by atoms with E-state index in [0.29, 0.717) is 11.1 Å². The number of benzene rings is 2. The molecule has 140 valence electrons. The number of aromatic hydroxyl groups is 1. The molecule has 8 heteroatoms. The number of hydrogen-bond acceptors (Lipinski definition) is 6. The van der Waals surface area contributed by atoms with Crippen molar-refractivity contribution in [1.29, 1.82) is 0 Å². The fourth-order valence-corrected chi connectivity index (χ4v) is 4.35. The Kier molecular flexibility index (Phi) is 5.25. The number of carbonyl (C=O) groups is 1. The first-order valence-corrected chi connectivity index (χ1v) is 9.80. The number of ether oxygens (including phenoxy) is 1. The van der Waals surface area contributed by atoms with Gasteiger partial charge in [-0.15, -0.1) is 0 Å². The van der Waals surface area contributed by atoms with Crippen LogP contribution >= 0.6 is 11.6 Å². The van der Waals surface area contributed by atoms with Crippen molar-refractivity contribution < 1.29 is 27.5 Å². The van der Waals surface area contributed by atoms with E-state index < -0.39 is 21.6 Å². The number of rotatable bonds is 5. The van der Waals surface area contributed by atoms with Crippen molar-refractivity contribution in [2.45, 2.75) is 10.6 Å². The van der Waals surface area contributed by atoms with Crippen molar-refractivity contribution in [3.63, 3.8) is 0 Å². The van der Waals surface area contributed by atoms with E-state index >= 15 is 0 Å². The van der Waals surface area contributed by atoms with Crippen LogP contribution in [0.15, 0.2) is 64.3 Å². The van der Waals surface area contributed by atoms with Crippen LogP contribution in [0.5, 0.6) is 5.75 Å². The molecular formula is C19H15ClO6S. The molecular weight excluding hydrogens is 392 g/mol. The molecule has 2 aromatic carbocycles. The summed E-state index contributed by atoms with van der Waals surface area (Å²) >= 11 is 5.87. The van der Waals surface area contributed by atoms with Crippen molar-refractivity contribution in [3.8, 4) is 16.9 Å². The molecule has 0 spiro atoms. The van der Waals surface area contributed by atoms with E-state index in [4.69, 9.17) is 20.8 Å². The van der Waals surface area contributed by atoms with E-state index in [1.54, 1.807) is 12.1 Å². The summed E-state index contributed by atoms with van der Waals surface area (Å²) in [5.74, 6) is -1.71. The number of furan rings is 1. The Morgan fingerprint density at radius 2 is 2.00 bits per heavy atom. The molecule has 0 radical (unpaired) electrons. The van der Waals surface area contributed by atoms with E-state index in [-0.39, 0.29) is 26.8 Å². The molecule has 0 saturated carbocycles. The van der Waals surface area contributed by atoms with E-state index in [0.717, 1.165) is 7.11 Å². The fraction of sp³-hybridized carbons (Fsp3) is 0.105. The van der Waals surface area contributed by atoms with Crippen molar-refractivity contribution in [1.82, 2.24) is 0 Å². The molecule has 0 aliphatic heterocycles. The maximum Gasteiger partial charge on any atom is 0.341 e. The molecule has 27 heavy (non-hydrogen) atoms. The third-order valence-electron chi connectivity index (χ3n) is 3.99. The summed E-state index contributed by atoms with van der Waals surface area (Å²) in [6, 6.07) is 10.4. The maximum absolute atomic E-state index is 12.7. The Morgan fingerprint density at radius 1 is 1.22 bits per heavy atom. The molecule has 0 aliphatic rings. The van der Waals surface area contributed by atoms with Gasteiger partial charge in [-0.25, -0.2) is 13.2 Å². The van der Waals surface area contributed by atoms with Gasteiger partial charge in [0.15, 0.2) is 9.84 Å². The summed E-state index contributed by atoms with van der Waals surface area (Å²) in [4.78, 5) is 12.2. The number of phenols is 1. The summed E-state index contributed by atoms with van der Waals surface area (Å²) in [6.07, 6.45) is 2.82. The second kappa shape index (κ2) is 7.46. The van der Waals surface area contributed by atoms with Gasteiger partial charge in [0.25, 0.3) is 0 Å². The van der Waals surface area contributed by atoms with Crippen molar-refractivity contribution >= 4 is 27.4 Å². The van der Waals surface area contributed by atoms with Crippen LogP contribution in [0.1, 0.15) is 15.9 Å². The Morgan fingerprint density at radius 3 is 2.63 bits per heavy atom. The number of phenolic OH excluding ortho intramolecular Hbond substituents is 1. The lowest BCUT2D eigenvalue weighted by Gasteiger charge is -2.13. The van der Waals surface area contributed by atoms with Crippen molar-refractivity contribution in [3.05, 3.63) is 71.1 Å². The minimum Gasteiger partial charge on any atom is -0.506 e. The van der Waals surface area contributed by atoms with Crippen LogP contribution in [0.25, 0.3) is 11.1 Å². The molecule has 6 nitrogen and oxygen atoms in total. The summed E-state index contributed by atoms with van der Waals surface area (Å²) in [5, 5.41) is 10.9. The quantitative estimate of drug-likeness (QED) is 0.642. The molecule has 1 heterocycles. The maximum atomic E-state index is 12.7. The second-order valence-electron chi connectivity index (χ2n) is 5.72. The summed E-state index contributed by atoms with van der Waals surface area (Å²) < 4.78 is 35.2. The molecule has 1 N–H and O–H groups in total. The Hall–Kier alpha value is -2.77. The Balaban J connectivity index is 2.10. The van der Waals surface area contributed by atoms with Gasteiger partial charge >= 0.3 is 5.97 Å². The Labute approximate surface area is 160 Å². The van der Waals surface area contributed by atoms with Crippen LogP contribution in [0.4, 0.5) is 0 Å². The number of esters is 1. The number of carbonyl (C=O) groups excluding carboxylic acids is 1. The number of hydrogen-bond donors (Lipinski definition) is 1. The van der Waals surface area contributed by atoms with E-state index in [1.165, 1.54) is 42.9 Å². The number of methoxy groups -OCH3 is 1. The normalized spacial score (nSPS) is 11.3. The van der Waals surface area contributed by atoms with Gasteiger partial charge < -0.3 is 14.3 Å². The molecule has 0 unspecified atom stereocenters. The predicted molar refractivity (Wildman–Crippen MR) is 99.5 cm³/mol. The van der Waals surface area contributed by atoms with E-state index in [2.05, 4.69) is 0 Å². The topological polar surface area (TPSA) is 93.8 Å². The zero-order valence-corrected chi connectivity index (χ0v) is 15.8. The lowest BCUT2D eigenvalue weighted by Crippen LogP contribution is -2.12. The first kappa shape index (κ1) is 19.0. The average Bonchev–Trinajstić information content (AvgIpc) is 3.15. The summed E-state index contributed by atoms with van der Waals surface area (Å²) in [7, 11) is -2.65.